The molecule has 0 saturated carbocycles. The summed E-state index contributed by atoms with van der Waals surface area (Å²) in [5.41, 5.74) is 0. The van der Waals surface area contributed by atoms with Crippen LogP contribution in [0.15, 0.2) is 0 Å². The first-order valence-corrected chi connectivity index (χ1v) is 5.40. The summed E-state index contributed by atoms with van der Waals surface area (Å²) in [6.07, 6.45) is 3.19. The Morgan fingerprint density at radius 3 is 3.07 bits per heavy atom. The van der Waals surface area contributed by atoms with Gasteiger partial charge in [0.2, 0.25) is 5.91 Å². The van der Waals surface area contributed by atoms with E-state index in [0.717, 1.165) is 39.0 Å². The first-order chi connectivity index (χ1) is 6.83. The van der Waals surface area contributed by atoms with E-state index in [1.165, 1.54) is 0 Å². The Labute approximate surface area is 85.4 Å². The van der Waals surface area contributed by atoms with E-state index in [2.05, 4.69) is 17.6 Å². The molecule has 0 bridgehead atoms. The van der Waals surface area contributed by atoms with Gasteiger partial charge in [-0.05, 0) is 12.8 Å². The van der Waals surface area contributed by atoms with Gasteiger partial charge in [-0.25, -0.2) is 0 Å². The highest BCUT2D eigenvalue weighted by atomic mass is 16.5. The van der Waals surface area contributed by atoms with E-state index >= 15 is 0 Å². The smallest absolute Gasteiger partial charge is 0.233 e. The fourth-order valence-corrected chi connectivity index (χ4v) is 1.40. The van der Waals surface area contributed by atoms with Crippen molar-refractivity contribution in [3.8, 4) is 0 Å². The van der Waals surface area contributed by atoms with Gasteiger partial charge in [-0.15, -0.1) is 0 Å². The molecule has 1 aliphatic heterocycles. The molecule has 1 unspecified atom stereocenters. The second kappa shape index (κ2) is 6.79. The molecular weight excluding hydrogens is 180 g/mol. The average molecular weight is 200 g/mol. The summed E-state index contributed by atoms with van der Waals surface area (Å²) in [4.78, 5) is 11.3. The largest absolute Gasteiger partial charge is 0.380 e. The van der Waals surface area contributed by atoms with Crippen molar-refractivity contribution in [2.75, 3.05) is 26.3 Å². The molecule has 4 heteroatoms. The molecule has 1 amide bonds. The Hall–Kier alpha value is -0.610. The number of unbranched alkanes of at least 4 members (excludes halogenated alkanes) is 1. The fraction of sp³-hybridized carbons (Fsp3) is 0.900. The molecule has 1 aliphatic rings. The zero-order valence-corrected chi connectivity index (χ0v) is 8.84. The van der Waals surface area contributed by atoms with Crippen molar-refractivity contribution < 1.29 is 9.53 Å². The molecule has 0 aromatic rings. The summed E-state index contributed by atoms with van der Waals surface area (Å²) in [6, 6.07) is 0.368. The highest BCUT2D eigenvalue weighted by Crippen LogP contribution is 2.02. The highest BCUT2D eigenvalue weighted by molar-refractivity contribution is 5.77. The van der Waals surface area contributed by atoms with E-state index in [4.69, 9.17) is 4.74 Å². The van der Waals surface area contributed by atoms with Crippen LogP contribution in [0.5, 0.6) is 0 Å². The van der Waals surface area contributed by atoms with Crippen LogP contribution >= 0.6 is 0 Å². The van der Waals surface area contributed by atoms with Gasteiger partial charge in [0.05, 0.1) is 13.2 Å². The first-order valence-electron chi connectivity index (χ1n) is 5.40. The van der Waals surface area contributed by atoms with Crippen molar-refractivity contribution in [3.05, 3.63) is 0 Å². The predicted molar refractivity (Wildman–Crippen MR) is 55.1 cm³/mol. The molecule has 0 aromatic heterocycles. The molecule has 0 aromatic carbocycles. The zero-order chi connectivity index (χ0) is 10.2. The summed E-state index contributed by atoms with van der Waals surface area (Å²) in [5.74, 6) is 0.0883. The standard InChI is InChI=1S/C10H20N2O2/c1-2-3-5-11-10(13)7-12-9-4-6-14-8-9/h9,12H,2-8H2,1H3,(H,11,13). The van der Waals surface area contributed by atoms with Crippen LogP contribution in [0.2, 0.25) is 0 Å². The summed E-state index contributed by atoms with van der Waals surface area (Å²) in [6.45, 7) is 4.87. The molecule has 1 rings (SSSR count). The van der Waals surface area contributed by atoms with Crippen LogP contribution < -0.4 is 10.6 Å². The SMILES string of the molecule is CCCCNC(=O)CNC1CCOC1. The number of hydrogen-bond donors (Lipinski definition) is 2. The Kier molecular flexibility index (Phi) is 5.56. The van der Waals surface area contributed by atoms with E-state index in [0.29, 0.717) is 12.6 Å². The van der Waals surface area contributed by atoms with E-state index in [-0.39, 0.29) is 5.91 Å². The van der Waals surface area contributed by atoms with E-state index in [9.17, 15) is 4.79 Å². The summed E-state index contributed by atoms with van der Waals surface area (Å²) in [5, 5.41) is 6.04. The lowest BCUT2D eigenvalue weighted by Gasteiger charge is -2.10. The van der Waals surface area contributed by atoms with Crippen molar-refractivity contribution in [2.24, 2.45) is 0 Å². The van der Waals surface area contributed by atoms with Crippen LogP contribution in [-0.4, -0.2) is 38.3 Å². The lowest BCUT2D eigenvalue weighted by molar-refractivity contribution is -0.120. The van der Waals surface area contributed by atoms with E-state index in [1.807, 2.05) is 0 Å². The van der Waals surface area contributed by atoms with Crippen molar-refractivity contribution in [2.45, 2.75) is 32.2 Å². The number of carbonyl (C=O) groups is 1. The minimum Gasteiger partial charge on any atom is -0.380 e. The van der Waals surface area contributed by atoms with Crippen molar-refractivity contribution in [1.82, 2.24) is 10.6 Å². The number of ether oxygens (including phenoxy) is 1. The minimum atomic E-state index is 0.0883. The molecular formula is C10H20N2O2. The third-order valence-corrected chi connectivity index (χ3v) is 2.33. The van der Waals surface area contributed by atoms with Gasteiger partial charge < -0.3 is 15.4 Å². The normalized spacial score (nSPS) is 21.1. The van der Waals surface area contributed by atoms with Crippen LogP contribution in [0.25, 0.3) is 0 Å². The molecule has 14 heavy (non-hydrogen) atoms. The van der Waals surface area contributed by atoms with Gasteiger partial charge >= 0.3 is 0 Å². The lowest BCUT2D eigenvalue weighted by atomic mass is 10.2. The molecule has 0 aliphatic carbocycles. The third kappa shape index (κ3) is 4.58. The molecule has 1 saturated heterocycles. The fourth-order valence-electron chi connectivity index (χ4n) is 1.40. The number of rotatable bonds is 6. The van der Waals surface area contributed by atoms with Crippen LogP contribution in [0.1, 0.15) is 26.2 Å². The topological polar surface area (TPSA) is 50.4 Å². The number of amides is 1. The maximum Gasteiger partial charge on any atom is 0.233 e. The Bertz CT molecular complexity index is 168. The third-order valence-electron chi connectivity index (χ3n) is 2.33. The van der Waals surface area contributed by atoms with Gasteiger partial charge in [0.15, 0.2) is 0 Å². The van der Waals surface area contributed by atoms with Crippen molar-refractivity contribution in [3.63, 3.8) is 0 Å². The first kappa shape index (κ1) is 11.5. The van der Waals surface area contributed by atoms with Gasteiger partial charge in [-0.1, -0.05) is 13.3 Å². The molecule has 1 fully saturated rings. The zero-order valence-electron chi connectivity index (χ0n) is 8.84. The highest BCUT2D eigenvalue weighted by Gasteiger charge is 2.15. The molecule has 1 heterocycles. The molecule has 4 nitrogen and oxygen atoms in total. The van der Waals surface area contributed by atoms with Crippen LogP contribution in [0.4, 0.5) is 0 Å². The van der Waals surface area contributed by atoms with Crippen molar-refractivity contribution >= 4 is 5.91 Å². The number of carbonyl (C=O) groups excluding carboxylic acids is 1. The Morgan fingerprint density at radius 1 is 1.57 bits per heavy atom. The number of nitrogens with one attached hydrogen (secondary N) is 2. The summed E-state index contributed by atoms with van der Waals surface area (Å²) < 4.78 is 5.19. The monoisotopic (exact) mass is 200 g/mol. The van der Waals surface area contributed by atoms with Gasteiger partial charge in [0.25, 0.3) is 0 Å². The average Bonchev–Trinajstić information content (AvgIpc) is 2.68. The van der Waals surface area contributed by atoms with Crippen LogP contribution in [0, 0.1) is 0 Å². The maximum absolute atomic E-state index is 11.3. The Morgan fingerprint density at radius 2 is 2.43 bits per heavy atom. The molecule has 2 N–H and O–H groups in total. The van der Waals surface area contributed by atoms with Crippen LogP contribution in [-0.2, 0) is 9.53 Å². The lowest BCUT2D eigenvalue weighted by Crippen LogP contribution is -2.39. The van der Waals surface area contributed by atoms with Gasteiger partial charge in [0, 0.05) is 19.2 Å². The number of hydrogen-bond acceptors (Lipinski definition) is 3. The van der Waals surface area contributed by atoms with E-state index < -0.39 is 0 Å². The molecule has 82 valence electrons. The molecule has 0 spiro atoms. The van der Waals surface area contributed by atoms with Gasteiger partial charge in [-0.2, -0.15) is 0 Å². The van der Waals surface area contributed by atoms with Gasteiger partial charge in [-0.3, -0.25) is 4.79 Å². The Balaban J connectivity index is 1.96. The maximum atomic E-state index is 11.3. The van der Waals surface area contributed by atoms with Crippen LogP contribution in [0.3, 0.4) is 0 Å². The second-order valence-electron chi connectivity index (χ2n) is 3.64. The predicted octanol–water partition coefficient (Wildman–Crippen LogP) is 0.281. The quantitative estimate of drug-likeness (QED) is 0.606. The van der Waals surface area contributed by atoms with Crippen molar-refractivity contribution in [1.29, 1.82) is 0 Å². The molecule has 1 atom stereocenters. The molecule has 0 radical (unpaired) electrons. The summed E-state index contributed by atoms with van der Waals surface area (Å²) in [7, 11) is 0. The van der Waals surface area contributed by atoms with Gasteiger partial charge in [0.1, 0.15) is 0 Å². The van der Waals surface area contributed by atoms with E-state index in [1.54, 1.807) is 0 Å². The second-order valence-corrected chi connectivity index (χ2v) is 3.64. The minimum absolute atomic E-state index is 0.0883. The summed E-state index contributed by atoms with van der Waals surface area (Å²) >= 11 is 0.